The second-order valence-corrected chi connectivity index (χ2v) is 4.71. The molecular weight excluding hydrogens is 240 g/mol. The van der Waals surface area contributed by atoms with E-state index in [1.807, 2.05) is 6.92 Å². The van der Waals surface area contributed by atoms with E-state index in [9.17, 15) is 4.79 Å². The molecule has 1 atom stereocenters. The lowest BCUT2D eigenvalue weighted by Crippen LogP contribution is -2.34. The van der Waals surface area contributed by atoms with Gasteiger partial charge in [-0.3, -0.25) is 4.79 Å². The fourth-order valence-electron chi connectivity index (χ4n) is 1.67. The van der Waals surface area contributed by atoms with E-state index < -0.39 is 0 Å². The Morgan fingerprint density at radius 2 is 2.35 bits per heavy atom. The van der Waals surface area contributed by atoms with Crippen LogP contribution in [0, 0.1) is 5.92 Å². The molecule has 17 heavy (non-hydrogen) atoms. The van der Waals surface area contributed by atoms with Gasteiger partial charge in [0.25, 0.3) is 5.91 Å². The van der Waals surface area contributed by atoms with E-state index >= 15 is 0 Å². The lowest BCUT2D eigenvalue weighted by molar-refractivity contribution is 0.0935. The molecule has 1 aliphatic carbocycles. The zero-order chi connectivity index (χ0) is 12.4. The van der Waals surface area contributed by atoms with Crippen LogP contribution in [0.3, 0.4) is 0 Å². The number of carbonyl (C=O) groups excluding carboxylic acids is 1. The number of hydrazine groups is 1. The minimum Gasteiger partial charge on any atom is -0.349 e. The third kappa shape index (κ3) is 2.87. The average Bonchev–Trinajstić information content (AvgIpc) is 3.12. The van der Waals surface area contributed by atoms with Crippen molar-refractivity contribution in [1.82, 2.24) is 10.3 Å². The molecule has 0 spiro atoms. The number of nitrogens with one attached hydrogen (secondary N) is 2. The summed E-state index contributed by atoms with van der Waals surface area (Å²) >= 11 is 5.90. The Morgan fingerprint density at radius 1 is 1.65 bits per heavy atom. The SMILES string of the molecule is CC(NC(=O)c1cnc(NN)c(Cl)c1)C1CC1. The number of rotatable bonds is 4. The van der Waals surface area contributed by atoms with Gasteiger partial charge in [-0.05, 0) is 31.7 Å². The number of carbonyl (C=O) groups is 1. The van der Waals surface area contributed by atoms with Gasteiger partial charge >= 0.3 is 0 Å². The molecule has 92 valence electrons. The predicted octanol–water partition coefficient (Wildman–Crippen LogP) is 1.55. The van der Waals surface area contributed by atoms with Gasteiger partial charge in [0.15, 0.2) is 5.82 Å². The number of halogens is 1. The Labute approximate surface area is 105 Å². The normalized spacial score (nSPS) is 16.4. The van der Waals surface area contributed by atoms with Gasteiger partial charge in [0, 0.05) is 12.2 Å². The molecule has 4 N–H and O–H groups in total. The second-order valence-electron chi connectivity index (χ2n) is 4.30. The molecular formula is C11H15ClN4O. The molecule has 1 aliphatic rings. The van der Waals surface area contributed by atoms with Crippen LogP contribution in [0.4, 0.5) is 5.82 Å². The van der Waals surface area contributed by atoms with Crippen LogP contribution in [0.15, 0.2) is 12.3 Å². The van der Waals surface area contributed by atoms with Gasteiger partial charge in [-0.25, -0.2) is 10.8 Å². The van der Waals surface area contributed by atoms with Crippen molar-refractivity contribution in [2.75, 3.05) is 5.43 Å². The fraction of sp³-hybridized carbons (Fsp3) is 0.455. The first-order chi connectivity index (χ1) is 8.11. The van der Waals surface area contributed by atoms with Crippen LogP contribution in [-0.2, 0) is 0 Å². The van der Waals surface area contributed by atoms with Gasteiger partial charge in [0.05, 0.1) is 10.6 Å². The largest absolute Gasteiger partial charge is 0.349 e. The van der Waals surface area contributed by atoms with Crippen molar-refractivity contribution >= 4 is 23.3 Å². The number of hydrogen-bond donors (Lipinski definition) is 3. The standard InChI is InChI=1S/C11H15ClN4O/c1-6(7-2-3-7)15-11(17)8-4-9(12)10(16-13)14-5-8/h4-7H,2-3,13H2,1H3,(H,14,16)(H,15,17). The van der Waals surface area contributed by atoms with Crippen molar-refractivity contribution in [2.24, 2.45) is 11.8 Å². The topological polar surface area (TPSA) is 80.0 Å². The molecule has 6 heteroatoms. The quantitative estimate of drug-likeness (QED) is 0.563. The summed E-state index contributed by atoms with van der Waals surface area (Å²) in [7, 11) is 0. The molecule has 1 aromatic rings. The van der Waals surface area contributed by atoms with Crippen molar-refractivity contribution in [1.29, 1.82) is 0 Å². The summed E-state index contributed by atoms with van der Waals surface area (Å²) in [6, 6.07) is 1.76. The molecule has 0 aliphatic heterocycles. The van der Waals surface area contributed by atoms with Crippen molar-refractivity contribution in [3.05, 3.63) is 22.8 Å². The number of nitrogen functional groups attached to an aromatic ring is 1. The van der Waals surface area contributed by atoms with Crippen LogP contribution in [0.5, 0.6) is 0 Å². The summed E-state index contributed by atoms with van der Waals surface area (Å²) in [6.07, 6.45) is 3.84. The second kappa shape index (κ2) is 4.89. The Morgan fingerprint density at radius 3 is 2.88 bits per heavy atom. The number of hydrogen-bond acceptors (Lipinski definition) is 4. The Kier molecular flexibility index (Phi) is 3.49. The molecule has 5 nitrogen and oxygen atoms in total. The number of nitrogens with two attached hydrogens (primary N) is 1. The molecule has 1 amide bonds. The van der Waals surface area contributed by atoms with Gasteiger partial charge in [-0.1, -0.05) is 11.6 Å². The third-order valence-corrected chi connectivity index (χ3v) is 3.22. The molecule has 0 radical (unpaired) electrons. The first kappa shape index (κ1) is 12.1. The number of aromatic nitrogens is 1. The molecule has 1 heterocycles. The van der Waals surface area contributed by atoms with E-state index in [-0.39, 0.29) is 11.9 Å². The zero-order valence-corrected chi connectivity index (χ0v) is 10.3. The van der Waals surface area contributed by atoms with E-state index in [1.165, 1.54) is 19.0 Å². The highest BCUT2D eigenvalue weighted by atomic mass is 35.5. The molecule has 0 bridgehead atoms. The molecule has 1 saturated carbocycles. The molecule has 0 aromatic carbocycles. The van der Waals surface area contributed by atoms with Gasteiger partial charge in [-0.2, -0.15) is 0 Å². The van der Waals surface area contributed by atoms with Crippen LogP contribution >= 0.6 is 11.6 Å². The van der Waals surface area contributed by atoms with Crippen LogP contribution < -0.4 is 16.6 Å². The average molecular weight is 255 g/mol. The van der Waals surface area contributed by atoms with Crippen molar-refractivity contribution in [2.45, 2.75) is 25.8 Å². The number of amides is 1. The Balaban J connectivity index is 2.05. The van der Waals surface area contributed by atoms with Crippen molar-refractivity contribution in [3.8, 4) is 0 Å². The molecule has 1 fully saturated rings. The number of pyridine rings is 1. The summed E-state index contributed by atoms with van der Waals surface area (Å²) in [5.41, 5.74) is 2.80. The smallest absolute Gasteiger partial charge is 0.253 e. The van der Waals surface area contributed by atoms with Gasteiger partial charge < -0.3 is 10.7 Å². The highest BCUT2D eigenvalue weighted by Gasteiger charge is 2.29. The predicted molar refractivity (Wildman–Crippen MR) is 66.7 cm³/mol. The fourth-order valence-corrected chi connectivity index (χ4v) is 1.89. The summed E-state index contributed by atoms with van der Waals surface area (Å²) in [4.78, 5) is 15.8. The van der Waals surface area contributed by atoms with Crippen molar-refractivity contribution < 1.29 is 4.79 Å². The summed E-state index contributed by atoms with van der Waals surface area (Å²) in [5.74, 6) is 6.04. The van der Waals surface area contributed by atoms with Gasteiger partial charge in [0.1, 0.15) is 0 Å². The molecule has 2 rings (SSSR count). The van der Waals surface area contributed by atoms with Crippen molar-refractivity contribution in [3.63, 3.8) is 0 Å². The monoisotopic (exact) mass is 254 g/mol. The van der Waals surface area contributed by atoms with Crippen LogP contribution in [0.1, 0.15) is 30.1 Å². The minimum atomic E-state index is -0.151. The first-order valence-electron chi connectivity index (χ1n) is 5.55. The third-order valence-electron chi connectivity index (χ3n) is 2.93. The Hall–Kier alpha value is -1.33. The van der Waals surface area contributed by atoms with E-state index in [1.54, 1.807) is 6.07 Å². The highest BCUT2D eigenvalue weighted by molar-refractivity contribution is 6.33. The Bertz CT molecular complexity index is 433. The van der Waals surface area contributed by atoms with Gasteiger partial charge in [-0.15, -0.1) is 0 Å². The van der Waals surface area contributed by atoms with E-state index in [2.05, 4.69) is 15.7 Å². The summed E-state index contributed by atoms with van der Waals surface area (Å²) in [6.45, 7) is 2.01. The van der Waals surface area contributed by atoms with Crippen LogP contribution in [0.2, 0.25) is 5.02 Å². The maximum atomic E-state index is 11.9. The first-order valence-corrected chi connectivity index (χ1v) is 5.92. The number of nitrogens with zero attached hydrogens (tertiary/aromatic N) is 1. The summed E-state index contributed by atoms with van der Waals surface area (Å²) in [5, 5.41) is 3.27. The molecule has 0 saturated heterocycles. The highest BCUT2D eigenvalue weighted by Crippen LogP contribution is 2.32. The molecule has 1 unspecified atom stereocenters. The zero-order valence-electron chi connectivity index (χ0n) is 9.53. The summed E-state index contributed by atoms with van der Waals surface area (Å²) < 4.78 is 0. The van der Waals surface area contributed by atoms with Gasteiger partial charge in [0.2, 0.25) is 0 Å². The van der Waals surface area contributed by atoms with Crippen LogP contribution in [-0.4, -0.2) is 16.9 Å². The molecule has 1 aromatic heterocycles. The minimum absolute atomic E-state index is 0.151. The number of anilines is 1. The lowest BCUT2D eigenvalue weighted by atomic mass is 10.2. The van der Waals surface area contributed by atoms with Crippen LogP contribution in [0.25, 0.3) is 0 Å². The maximum absolute atomic E-state index is 11.9. The lowest BCUT2D eigenvalue weighted by Gasteiger charge is -2.13. The maximum Gasteiger partial charge on any atom is 0.253 e. The van der Waals surface area contributed by atoms with E-state index in [0.29, 0.717) is 22.3 Å². The van der Waals surface area contributed by atoms with E-state index in [0.717, 1.165) is 0 Å². The van der Waals surface area contributed by atoms with E-state index in [4.69, 9.17) is 17.4 Å².